The molecule has 2 aromatic carbocycles. The first kappa shape index (κ1) is 14.4. The van der Waals surface area contributed by atoms with Crippen molar-refractivity contribution < 1.29 is 4.74 Å². The summed E-state index contributed by atoms with van der Waals surface area (Å²) in [7, 11) is 1.96. The Kier molecular flexibility index (Phi) is 4.18. The minimum atomic E-state index is 0.0696. The summed E-state index contributed by atoms with van der Waals surface area (Å²) >= 11 is 6.48. The summed E-state index contributed by atoms with van der Waals surface area (Å²) in [5.41, 5.74) is 3.37. The van der Waals surface area contributed by atoms with Gasteiger partial charge >= 0.3 is 0 Å². The van der Waals surface area contributed by atoms with Gasteiger partial charge in [0.2, 0.25) is 0 Å². The monoisotopic (exact) mass is 301 g/mol. The minimum Gasteiger partial charge on any atom is -0.490 e. The molecule has 1 saturated carbocycles. The Morgan fingerprint density at radius 1 is 1.19 bits per heavy atom. The summed E-state index contributed by atoms with van der Waals surface area (Å²) in [6.07, 6.45) is 2.75. The molecule has 1 N–H and O–H groups in total. The minimum absolute atomic E-state index is 0.0696. The van der Waals surface area contributed by atoms with E-state index in [4.69, 9.17) is 16.3 Å². The van der Waals surface area contributed by atoms with Crippen LogP contribution >= 0.6 is 11.6 Å². The first-order valence-electron chi connectivity index (χ1n) is 7.38. The number of aryl methyl sites for hydroxylation is 1. The van der Waals surface area contributed by atoms with Crippen molar-refractivity contribution in [2.75, 3.05) is 7.05 Å². The van der Waals surface area contributed by atoms with Crippen LogP contribution in [0.3, 0.4) is 0 Å². The third-order valence-electron chi connectivity index (χ3n) is 3.84. The van der Waals surface area contributed by atoms with E-state index in [2.05, 4.69) is 23.5 Å². The highest BCUT2D eigenvalue weighted by atomic mass is 35.5. The van der Waals surface area contributed by atoms with Crippen LogP contribution in [0.15, 0.2) is 42.5 Å². The smallest absolute Gasteiger partial charge is 0.120 e. The molecule has 1 aliphatic carbocycles. The van der Waals surface area contributed by atoms with E-state index in [0.717, 1.165) is 21.9 Å². The number of hydrogen-bond acceptors (Lipinski definition) is 2. The Balaban J connectivity index is 1.93. The lowest BCUT2D eigenvalue weighted by molar-refractivity contribution is 0.302. The predicted octanol–water partition coefficient (Wildman–Crippen LogP) is 4.50. The zero-order valence-electron chi connectivity index (χ0n) is 12.4. The first-order valence-corrected chi connectivity index (χ1v) is 7.75. The van der Waals surface area contributed by atoms with Gasteiger partial charge in [-0.3, -0.25) is 0 Å². The van der Waals surface area contributed by atoms with Gasteiger partial charge in [-0.1, -0.05) is 41.9 Å². The molecule has 0 heterocycles. The van der Waals surface area contributed by atoms with Crippen molar-refractivity contribution in [2.24, 2.45) is 0 Å². The molecule has 2 nitrogen and oxygen atoms in total. The van der Waals surface area contributed by atoms with Crippen LogP contribution in [0.25, 0.3) is 0 Å². The fraction of sp³-hybridized carbons (Fsp3) is 0.333. The molecule has 0 aromatic heterocycles. The lowest BCUT2D eigenvalue weighted by Crippen LogP contribution is -2.18. The molecule has 0 spiro atoms. The SMILES string of the molecule is CNC(c1cccc(OC2CC2)c1)c1cccc(C)c1Cl. The maximum Gasteiger partial charge on any atom is 0.120 e. The second-order valence-electron chi connectivity index (χ2n) is 5.59. The van der Waals surface area contributed by atoms with Gasteiger partial charge in [-0.25, -0.2) is 0 Å². The number of hydrogen-bond donors (Lipinski definition) is 1. The Bertz CT molecular complexity index is 637. The molecule has 3 rings (SSSR count). The zero-order valence-corrected chi connectivity index (χ0v) is 13.2. The van der Waals surface area contributed by atoms with Crippen LogP contribution in [0.4, 0.5) is 0 Å². The van der Waals surface area contributed by atoms with Crippen molar-refractivity contribution >= 4 is 11.6 Å². The standard InChI is InChI=1S/C18H20ClNO/c1-12-5-3-8-16(17(12)19)18(20-2)13-6-4-7-15(11-13)21-14-9-10-14/h3-8,11,14,18,20H,9-10H2,1-2H3. The molecule has 21 heavy (non-hydrogen) atoms. The van der Waals surface area contributed by atoms with Crippen LogP contribution < -0.4 is 10.1 Å². The quantitative estimate of drug-likeness (QED) is 0.878. The summed E-state index contributed by atoms with van der Waals surface area (Å²) in [6, 6.07) is 14.5. The van der Waals surface area contributed by atoms with Crippen molar-refractivity contribution in [3.8, 4) is 5.75 Å². The topological polar surface area (TPSA) is 21.3 Å². The molecule has 1 unspecified atom stereocenters. The Labute approximate surface area is 131 Å². The summed E-state index contributed by atoms with van der Waals surface area (Å²) in [4.78, 5) is 0. The van der Waals surface area contributed by atoms with Gasteiger partial charge in [0.15, 0.2) is 0 Å². The van der Waals surface area contributed by atoms with E-state index < -0.39 is 0 Å². The second-order valence-corrected chi connectivity index (χ2v) is 5.97. The average molecular weight is 302 g/mol. The van der Waals surface area contributed by atoms with Gasteiger partial charge in [0.25, 0.3) is 0 Å². The predicted molar refractivity (Wildman–Crippen MR) is 87.2 cm³/mol. The van der Waals surface area contributed by atoms with Crippen molar-refractivity contribution in [3.63, 3.8) is 0 Å². The molecule has 1 aliphatic rings. The van der Waals surface area contributed by atoms with Gasteiger partial charge in [0, 0.05) is 5.02 Å². The highest BCUT2D eigenvalue weighted by molar-refractivity contribution is 6.32. The molecule has 2 aromatic rings. The van der Waals surface area contributed by atoms with Crippen molar-refractivity contribution in [1.82, 2.24) is 5.32 Å². The van der Waals surface area contributed by atoms with Crippen LogP contribution in [0.1, 0.15) is 35.6 Å². The van der Waals surface area contributed by atoms with Crippen molar-refractivity contribution in [1.29, 1.82) is 0 Å². The largest absolute Gasteiger partial charge is 0.490 e. The Hall–Kier alpha value is -1.51. The third kappa shape index (κ3) is 3.22. The zero-order chi connectivity index (χ0) is 14.8. The first-order chi connectivity index (χ1) is 10.2. The molecule has 0 radical (unpaired) electrons. The lowest BCUT2D eigenvalue weighted by atomic mass is 9.97. The van der Waals surface area contributed by atoms with Gasteiger partial charge in [0.05, 0.1) is 12.1 Å². The molecule has 110 valence electrons. The van der Waals surface area contributed by atoms with Crippen LogP contribution in [0.5, 0.6) is 5.75 Å². The van der Waals surface area contributed by atoms with Crippen LogP contribution in [-0.4, -0.2) is 13.2 Å². The van der Waals surface area contributed by atoms with E-state index in [9.17, 15) is 0 Å². The number of nitrogens with one attached hydrogen (secondary N) is 1. The van der Waals surface area contributed by atoms with E-state index in [-0.39, 0.29) is 6.04 Å². The Morgan fingerprint density at radius 2 is 1.95 bits per heavy atom. The normalized spacial score (nSPS) is 15.8. The highest BCUT2D eigenvalue weighted by Crippen LogP contribution is 2.33. The molecule has 0 bridgehead atoms. The highest BCUT2D eigenvalue weighted by Gasteiger charge is 2.24. The van der Waals surface area contributed by atoms with Crippen molar-refractivity contribution in [2.45, 2.75) is 31.9 Å². The molecule has 1 atom stereocenters. The average Bonchev–Trinajstić information content (AvgIpc) is 3.29. The maximum absolute atomic E-state index is 6.48. The van der Waals surface area contributed by atoms with Gasteiger partial charge < -0.3 is 10.1 Å². The second kappa shape index (κ2) is 6.08. The summed E-state index contributed by atoms with van der Waals surface area (Å²) in [5.74, 6) is 0.944. The van der Waals surface area contributed by atoms with Crippen LogP contribution in [-0.2, 0) is 0 Å². The third-order valence-corrected chi connectivity index (χ3v) is 4.36. The Morgan fingerprint density at radius 3 is 2.67 bits per heavy atom. The molecular formula is C18H20ClNO. The summed E-state index contributed by atoms with van der Waals surface area (Å²) < 4.78 is 5.89. The molecule has 1 fully saturated rings. The maximum atomic E-state index is 6.48. The molecular weight excluding hydrogens is 282 g/mol. The van der Waals surface area contributed by atoms with E-state index in [1.165, 1.54) is 18.4 Å². The summed E-state index contributed by atoms with van der Waals surface area (Å²) in [5, 5.41) is 4.18. The fourth-order valence-corrected chi connectivity index (χ4v) is 2.78. The van der Waals surface area contributed by atoms with Gasteiger partial charge in [-0.15, -0.1) is 0 Å². The number of benzene rings is 2. The molecule has 0 aliphatic heterocycles. The van der Waals surface area contributed by atoms with Crippen LogP contribution in [0, 0.1) is 6.92 Å². The van der Waals surface area contributed by atoms with Gasteiger partial charge in [0.1, 0.15) is 5.75 Å². The van der Waals surface area contributed by atoms with Gasteiger partial charge in [-0.05, 0) is 55.6 Å². The number of rotatable bonds is 5. The van der Waals surface area contributed by atoms with Crippen LogP contribution in [0.2, 0.25) is 5.02 Å². The molecule has 0 saturated heterocycles. The summed E-state index contributed by atoms with van der Waals surface area (Å²) in [6.45, 7) is 2.03. The molecule has 0 amide bonds. The number of halogens is 1. The number of ether oxygens (including phenoxy) is 1. The fourth-order valence-electron chi connectivity index (χ4n) is 2.54. The van der Waals surface area contributed by atoms with Crippen molar-refractivity contribution in [3.05, 3.63) is 64.2 Å². The lowest BCUT2D eigenvalue weighted by Gasteiger charge is -2.20. The molecule has 3 heteroatoms. The van der Waals surface area contributed by atoms with E-state index in [0.29, 0.717) is 6.10 Å². The van der Waals surface area contributed by atoms with E-state index in [1.54, 1.807) is 0 Å². The van der Waals surface area contributed by atoms with E-state index >= 15 is 0 Å². The van der Waals surface area contributed by atoms with Gasteiger partial charge in [-0.2, -0.15) is 0 Å². The van der Waals surface area contributed by atoms with E-state index in [1.807, 2.05) is 38.2 Å².